The zero-order valence-electron chi connectivity index (χ0n) is 18.2. The standard InChI is InChI=1S/C24H24N4O2S2/c1-4-15(2)17-9-11-19(12-10-17)28-22(30)20-7-5-6-8-21(20)27-24(28)32-14-18-13-31-23(26-18)25-16(3)29/h5-13,15H,4,14H2,1-3H3,(H,25,26,29). The Morgan fingerprint density at radius 1 is 1.16 bits per heavy atom. The van der Waals surface area contributed by atoms with E-state index in [1.165, 1.54) is 35.6 Å². The van der Waals surface area contributed by atoms with Crippen molar-refractivity contribution in [2.24, 2.45) is 0 Å². The van der Waals surface area contributed by atoms with Crippen LogP contribution in [-0.2, 0) is 10.5 Å². The molecule has 0 fully saturated rings. The zero-order valence-corrected chi connectivity index (χ0v) is 19.8. The molecule has 4 aromatic rings. The van der Waals surface area contributed by atoms with E-state index in [1.54, 1.807) is 4.57 Å². The Balaban J connectivity index is 1.71. The highest BCUT2D eigenvalue weighted by Gasteiger charge is 2.15. The Kier molecular flexibility index (Phi) is 6.72. The van der Waals surface area contributed by atoms with Crippen molar-refractivity contribution in [2.45, 2.75) is 44.0 Å². The monoisotopic (exact) mass is 464 g/mol. The summed E-state index contributed by atoms with van der Waals surface area (Å²) in [4.78, 5) is 33.9. The molecule has 1 unspecified atom stereocenters. The van der Waals surface area contributed by atoms with Crippen molar-refractivity contribution in [1.82, 2.24) is 14.5 Å². The summed E-state index contributed by atoms with van der Waals surface area (Å²) in [5, 5.41) is 6.37. The molecule has 8 heteroatoms. The summed E-state index contributed by atoms with van der Waals surface area (Å²) in [7, 11) is 0. The van der Waals surface area contributed by atoms with Crippen LogP contribution in [0.5, 0.6) is 0 Å². The molecule has 164 valence electrons. The van der Waals surface area contributed by atoms with Gasteiger partial charge in [-0.05, 0) is 42.2 Å². The van der Waals surface area contributed by atoms with E-state index >= 15 is 0 Å². The molecule has 0 saturated carbocycles. The number of rotatable bonds is 7. The van der Waals surface area contributed by atoms with E-state index < -0.39 is 0 Å². The Bertz CT molecular complexity index is 1310. The normalized spacial score (nSPS) is 12.1. The lowest BCUT2D eigenvalue weighted by atomic mass is 9.98. The van der Waals surface area contributed by atoms with E-state index in [-0.39, 0.29) is 11.5 Å². The Morgan fingerprint density at radius 2 is 1.91 bits per heavy atom. The lowest BCUT2D eigenvalue weighted by Gasteiger charge is -2.14. The minimum Gasteiger partial charge on any atom is -0.302 e. The van der Waals surface area contributed by atoms with Gasteiger partial charge >= 0.3 is 0 Å². The number of carbonyl (C=O) groups is 1. The maximum Gasteiger partial charge on any atom is 0.266 e. The number of amides is 1. The molecule has 0 spiro atoms. The van der Waals surface area contributed by atoms with Crippen LogP contribution >= 0.6 is 23.1 Å². The second kappa shape index (κ2) is 9.67. The largest absolute Gasteiger partial charge is 0.302 e. The van der Waals surface area contributed by atoms with Gasteiger partial charge in [-0.1, -0.05) is 49.9 Å². The van der Waals surface area contributed by atoms with Gasteiger partial charge < -0.3 is 5.32 Å². The first-order valence-corrected chi connectivity index (χ1v) is 12.3. The van der Waals surface area contributed by atoms with Crippen LogP contribution in [0.15, 0.2) is 63.9 Å². The molecular weight excluding hydrogens is 440 g/mol. The maximum atomic E-state index is 13.4. The second-order valence-corrected chi connectivity index (χ2v) is 9.37. The molecule has 32 heavy (non-hydrogen) atoms. The van der Waals surface area contributed by atoms with Crippen LogP contribution in [0.1, 0.15) is 44.4 Å². The molecule has 0 radical (unpaired) electrons. The molecule has 4 rings (SSSR count). The molecule has 6 nitrogen and oxygen atoms in total. The van der Waals surface area contributed by atoms with Crippen LogP contribution in [0.4, 0.5) is 5.13 Å². The molecule has 0 aliphatic carbocycles. The second-order valence-electron chi connectivity index (χ2n) is 7.57. The van der Waals surface area contributed by atoms with Crippen molar-refractivity contribution in [3.8, 4) is 5.69 Å². The quantitative estimate of drug-likeness (QED) is 0.284. The third-order valence-corrected chi connectivity index (χ3v) is 7.04. The number of para-hydroxylation sites is 1. The summed E-state index contributed by atoms with van der Waals surface area (Å²) in [6.07, 6.45) is 1.06. The number of aromatic nitrogens is 3. The van der Waals surface area contributed by atoms with E-state index in [9.17, 15) is 9.59 Å². The molecule has 1 amide bonds. The molecule has 0 aliphatic rings. The SMILES string of the molecule is CCC(C)c1ccc(-n2c(SCc3csc(NC(C)=O)n3)nc3ccccc3c2=O)cc1. The molecule has 0 aliphatic heterocycles. The Hall–Kier alpha value is -2.97. The van der Waals surface area contributed by atoms with Crippen LogP contribution in [0.3, 0.4) is 0 Å². The predicted octanol–water partition coefficient (Wildman–Crippen LogP) is 5.61. The number of nitrogens with one attached hydrogen (secondary N) is 1. The highest BCUT2D eigenvalue weighted by atomic mass is 32.2. The number of anilines is 1. The van der Waals surface area contributed by atoms with Gasteiger partial charge in [-0.25, -0.2) is 9.97 Å². The van der Waals surface area contributed by atoms with Crippen molar-refractivity contribution in [2.75, 3.05) is 5.32 Å². The van der Waals surface area contributed by atoms with E-state index in [0.29, 0.717) is 32.9 Å². The fourth-order valence-corrected chi connectivity index (χ4v) is 5.11. The minimum atomic E-state index is -0.149. The van der Waals surface area contributed by atoms with Crippen LogP contribution in [0.25, 0.3) is 16.6 Å². The van der Waals surface area contributed by atoms with Gasteiger partial charge in [0, 0.05) is 18.1 Å². The summed E-state index contributed by atoms with van der Waals surface area (Å²) in [5.74, 6) is 0.850. The van der Waals surface area contributed by atoms with Gasteiger partial charge in [0.2, 0.25) is 5.91 Å². The van der Waals surface area contributed by atoms with Crippen LogP contribution in [0, 0.1) is 0 Å². The van der Waals surface area contributed by atoms with Crippen LogP contribution < -0.4 is 10.9 Å². The van der Waals surface area contributed by atoms with E-state index in [2.05, 4.69) is 36.3 Å². The number of benzene rings is 2. The molecule has 0 saturated heterocycles. The molecule has 0 bridgehead atoms. The number of hydrogen-bond donors (Lipinski definition) is 1. The number of thioether (sulfide) groups is 1. The maximum absolute atomic E-state index is 13.4. The molecule has 1 N–H and O–H groups in total. The smallest absolute Gasteiger partial charge is 0.266 e. The third kappa shape index (κ3) is 4.76. The highest BCUT2D eigenvalue weighted by molar-refractivity contribution is 7.98. The number of carbonyl (C=O) groups excluding carboxylic acids is 1. The van der Waals surface area contributed by atoms with Gasteiger partial charge in [-0.3, -0.25) is 14.2 Å². The topological polar surface area (TPSA) is 76.9 Å². The number of nitrogens with zero attached hydrogens (tertiary/aromatic N) is 3. The number of thiazole rings is 1. The molecule has 1 atom stereocenters. The fraction of sp³-hybridized carbons (Fsp3) is 0.250. The highest BCUT2D eigenvalue weighted by Crippen LogP contribution is 2.27. The lowest BCUT2D eigenvalue weighted by Crippen LogP contribution is -2.21. The van der Waals surface area contributed by atoms with Gasteiger partial charge in [0.25, 0.3) is 5.56 Å². The summed E-state index contributed by atoms with van der Waals surface area (Å²) in [5.41, 5.74) is 3.45. The number of fused-ring (bicyclic) bond motifs is 1. The molecular formula is C24H24N4O2S2. The molecule has 2 aromatic heterocycles. The third-order valence-electron chi connectivity index (χ3n) is 5.26. The van der Waals surface area contributed by atoms with Crippen molar-refractivity contribution in [3.05, 3.63) is 75.5 Å². The Morgan fingerprint density at radius 3 is 2.62 bits per heavy atom. The van der Waals surface area contributed by atoms with Gasteiger partial charge in [-0.2, -0.15) is 0 Å². The van der Waals surface area contributed by atoms with E-state index in [1.807, 2.05) is 41.8 Å². The average molecular weight is 465 g/mol. The van der Waals surface area contributed by atoms with Gasteiger partial charge in [0.05, 0.1) is 22.3 Å². The van der Waals surface area contributed by atoms with Crippen molar-refractivity contribution in [3.63, 3.8) is 0 Å². The van der Waals surface area contributed by atoms with Crippen molar-refractivity contribution < 1.29 is 4.79 Å². The molecule has 2 aromatic carbocycles. The van der Waals surface area contributed by atoms with Gasteiger partial charge in [0.1, 0.15) is 0 Å². The number of hydrogen-bond acceptors (Lipinski definition) is 6. The van der Waals surface area contributed by atoms with E-state index in [4.69, 9.17) is 4.98 Å². The van der Waals surface area contributed by atoms with Gasteiger partial charge in [-0.15, -0.1) is 11.3 Å². The van der Waals surface area contributed by atoms with Crippen LogP contribution in [0.2, 0.25) is 0 Å². The minimum absolute atomic E-state index is 0.0911. The van der Waals surface area contributed by atoms with Crippen molar-refractivity contribution in [1.29, 1.82) is 0 Å². The summed E-state index contributed by atoms with van der Waals surface area (Å²) in [6.45, 7) is 5.82. The van der Waals surface area contributed by atoms with Gasteiger partial charge in [0.15, 0.2) is 10.3 Å². The predicted molar refractivity (Wildman–Crippen MR) is 132 cm³/mol. The van der Waals surface area contributed by atoms with Crippen molar-refractivity contribution >= 4 is 45.0 Å². The first-order chi connectivity index (χ1) is 15.5. The average Bonchev–Trinajstić information content (AvgIpc) is 3.24. The Labute approximate surface area is 194 Å². The van der Waals surface area contributed by atoms with Crippen LogP contribution in [-0.4, -0.2) is 20.4 Å². The summed E-state index contributed by atoms with van der Waals surface area (Å²) >= 11 is 2.83. The fourth-order valence-electron chi connectivity index (χ4n) is 3.34. The first-order valence-electron chi connectivity index (χ1n) is 10.4. The summed E-state index contributed by atoms with van der Waals surface area (Å²) < 4.78 is 1.68. The van der Waals surface area contributed by atoms with E-state index in [0.717, 1.165) is 17.8 Å². The lowest BCUT2D eigenvalue weighted by molar-refractivity contribution is -0.114. The first kappa shape index (κ1) is 22.2. The summed E-state index contributed by atoms with van der Waals surface area (Å²) in [6, 6.07) is 15.5. The molecule has 2 heterocycles. The zero-order chi connectivity index (χ0) is 22.7.